The van der Waals surface area contributed by atoms with Gasteiger partial charge in [-0.25, -0.2) is 0 Å². The molecule has 1 aliphatic heterocycles. The van der Waals surface area contributed by atoms with Gasteiger partial charge >= 0.3 is 0 Å². The molecule has 178 valence electrons. The van der Waals surface area contributed by atoms with Crippen LogP contribution in [0.1, 0.15) is 52.0 Å². The van der Waals surface area contributed by atoms with E-state index in [2.05, 4.69) is 31.0 Å². The number of anilines is 1. The number of benzene rings is 2. The molecule has 0 fully saturated rings. The summed E-state index contributed by atoms with van der Waals surface area (Å²) in [5, 5.41) is 9.45. The first-order valence-electron chi connectivity index (χ1n) is 11.6. The van der Waals surface area contributed by atoms with Crippen molar-refractivity contribution in [2.45, 2.75) is 52.4 Å². The first-order valence-corrected chi connectivity index (χ1v) is 12.6. The van der Waals surface area contributed by atoms with Gasteiger partial charge < -0.3 is 9.47 Å². The van der Waals surface area contributed by atoms with E-state index < -0.39 is 6.23 Å². The van der Waals surface area contributed by atoms with Crippen molar-refractivity contribution < 1.29 is 14.3 Å². The molecule has 0 saturated carbocycles. The van der Waals surface area contributed by atoms with Crippen LogP contribution in [0.5, 0.6) is 11.6 Å². The number of para-hydroxylation sites is 1. The Hall–Kier alpha value is -3.13. The third-order valence-electron chi connectivity index (χ3n) is 5.45. The highest BCUT2D eigenvalue weighted by Gasteiger charge is 2.36. The Morgan fingerprint density at radius 3 is 2.68 bits per heavy atom. The molecular formula is C26H30N4O3S. The van der Waals surface area contributed by atoms with Gasteiger partial charge in [0.05, 0.1) is 17.9 Å². The number of thioether (sulfide) groups is 1. The molecule has 1 atom stereocenters. The van der Waals surface area contributed by atoms with Crippen molar-refractivity contribution in [3.05, 3.63) is 53.6 Å². The molecule has 0 bridgehead atoms. The number of fused-ring (bicyclic) bond motifs is 3. The van der Waals surface area contributed by atoms with E-state index in [0.717, 1.165) is 28.9 Å². The number of carbonyl (C=O) groups is 1. The molecule has 1 aliphatic rings. The number of amides is 1. The summed E-state index contributed by atoms with van der Waals surface area (Å²) in [6.45, 7) is 10.4. The molecule has 0 aliphatic carbocycles. The Morgan fingerprint density at radius 2 is 1.97 bits per heavy atom. The highest BCUT2D eigenvalue weighted by Crippen LogP contribution is 2.45. The SMILES string of the molecule is CCOc1ccccc1C1Oc2nc(SCC(C)C)nnc2-c2cc(CC)ccc2N1C(C)=O. The van der Waals surface area contributed by atoms with Crippen LogP contribution in [-0.4, -0.2) is 33.4 Å². The number of rotatable bonds is 7. The van der Waals surface area contributed by atoms with Gasteiger partial charge in [0.15, 0.2) is 5.69 Å². The Balaban J connectivity index is 1.93. The van der Waals surface area contributed by atoms with E-state index in [0.29, 0.717) is 40.7 Å². The topological polar surface area (TPSA) is 77.4 Å². The zero-order chi connectivity index (χ0) is 24.2. The average molecular weight is 479 g/mol. The van der Waals surface area contributed by atoms with Gasteiger partial charge in [-0.15, -0.1) is 10.2 Å². The molecule has 0 spiro atoms. The van der Waals surface area contributed by atoms with Crippen LogP contribution in [0.15, 0.2) is 47.6 Å². The van der Waals surface area contributed by atoms with Crippen molar-refractivity contribution in [1.82, 2.24) is 15.2 Å². The van der Waals surface area contributed by atoms with Crippen LogP contribution in [-0.2, 0) is 11.2 Å². The summed E-state index contributed by atoms with van der Waals surface area (Å²) in [7, 11) is 0. The average Bonchev–Trinajstić information content (AvgIpc) is 2.97. The summed E-state index contributed by atoms with van der Waals surface area (Å²) < 4.78 is 12.4. The minimum Gasteiger partial charge on any atom is -0.493 e. The van der Waals surface area contributed by atoms with Crippen LogP contribution < -0.4 is 14.4 Å². The second-order valence-electron chi connectivity index (χ2n) is 8.49. The maximum atomic E-state index is 13.1. The summed E-state index contributed by atoms with van der Waals surface area (Å²) in [5.41, 5.74) is 3.89. The summed E-state index contributed by atoms with van der Waals surface area (Å²) in [6, 6.07) is 13.6. The summed E-state index contributed by atoms with van der Waals surface area (Å²) in [6.07, 6.45) is 0.0796. The molecule has 1 aromatic heterocycles. The van der Waals surface area contributed by atoms with Gasteiger partial charge in [-0.1, -0.05) is 50.7 Å². The van der Waals surface area contributed by atoms with Crippen molar-refractivity contribution in [3.63, 3.8) is 0 Å². The fourth-order valence-corrected chi connectivity index (χ4v) is 4.58. The predicted octanol–water partition coefficient (Wildman–Crippen LogP) is 5.69. The third kappa shape index (κ3) is 4.87. The standard InChI is InChI=1S/C26H30N4O3S/c1-6-18-12-13-21-20(14-18)23-24(27-26(29-28-23)34-15-16(3)4)33-25(30(21)17(5)31)19-10-8-9-11-22(19)32-7-2/h8-14,16,25H,6-7,15H2,1-5H3. The molecule has 2 heterocycles. The Kier molecular flexibility index (Phi) is 7.36. The first kappa shape index (κ1) is 24.0. The molecule has 8 heteroatoms. The second kappa shape index (κ2) is 10.4. The maximum Gasteiger partial charge on any atom is 0.247 e. The van der Waals surface area contributed by atoms with E-state index in [1.54, 1.807) is 16.7 Å². The van der Waals surface area contributed by atoms with Crippen LogP contribution in [0, 0.1) is 5.92 Å². The molecule has 0 saturated heterocycles. The number of ether oxygens (including phenoxy) is 2. The van der Waals surface area contributed by atoms with Gasteiger partial charge in [0.25, 0.3) is 0 Å². The van der Waals surface area contributed by atoms with Crippen molar-refractivity contribution in [2.75, 3.05) is 17.3 Å². The number of hydrogen-bond donors (Lipinski definition) is 0. The Morgan fingerprint density at radius 1 is 1.18 bits per heavy atom. The minimum atomic E-state index is -0.771. The predicted molar refractivity (Wildman–Crippen MR) is 134 cm³/mol. The van der Waals surface area contributed by atoms with Crippen LogP contribution >= 0.6 is 11.8 Å². The van der Waals surface area contributed by atoms with E-state index >= 15 is 0 Å². The molecule has 0 radical (unpaired) electrons. The molecular weight excluding hydrogens is 448 g/mol. The quantitative estimate of drug-likeness (QED) is 0.404. The van der Waals surface area contributed by atoms with E-state index in [1.165, 1.54) is 6.92 Å². The van der Waals surface area contributed by atoms with E-state index in [4.69, 9.17) is 14.5 Å². The molecule has 1 amide bonds. The fraction of sp³-hybridized carbons (Fsp3) is 0.385. The normalized spacial score (nSPS) is 14.8. The van der Waals surface area contributed by atoms with Gasteiger partial charge in [0, 0.05) is 18.2 Å². The van der Waals surface area contributed by atoms with Gasteiger partial charge in [-0.3, -0.25) is 9.69 Å². The maximum absolute atomic E-state index is 13.1. The highest BCUT2D eigenvalue weighted by molar-refractivity contribution is 7.99. The Labute approximate surface area is 204 Å². The molecule has 0 N–H and O–H groups in total. The van der Waals surface area contributed by atoms with Gasteiger partial charge in [-0.2, -0.15) is 4.98 Å². The van der Waals surface area contributed by atoms with E-state index in [9.17, 15) is 4.79 Å². The lowest BCUT2D eigenvalue weighted by atomic mass is 10.0. The van der Waals surface area contributed by atoms with Crippen molar-refractivity contribution in [2.24, 2.45) is 5.92 Å². The van der Waals surface area contributed by atoms with E-state index in [-0.39, 0.29) is 5.91 Å². The third-order valence-corrected chi connectivity index (χ3v) is 6.71. The van der Waals surface area contributed by atoms with Crippen molar-refractivity contribution in [3.8, 4) is 22.9 Å². The van der Waals surface area contributed by atoms with Gasteiger partial charge in [-0.05, 0) is 49.1 Å². The molecule has 7 nitrogen and oxygen atoms in total. The number of aryl methyl sites for hydroxylation is 1. The van der Waals surface area contributed by atoms with Gasteiger partial charge in [0.2, 0.25) is 23.2 Å². The number of hydrogen-bond acceptors (Lipinski definition) is 7. The lowest BCUT2D eigenvalue weighted by molar-refractivity contribution is -0.118. The van der Waals surface area contributed by atoms with Crippen LogP contribution in [0.3, 0.4) is 0 Å². The highest BCUT2D eigenvalue weighted by atomic mass is 32.2. The lowest BCUT2D eigenvalue weighted by Crippen LogP contribution is -2.36. The molecule has 2 aromatic carbocycles. The van der Waals surface area contributed by atoms with Crippen molar-refractivity contribution in [1.29, 1.82) is 0 Å². The van der Waals surface area contributed by atoms with Crippen molar-refractivity contribution >= 4 is 23.4 Å². The van der Waals surface area contributed by atoms with Crippen LogP contribution in [0.2, 0.25) is 0 Å². The summed E-state index contributed by atoms with van der Waals surface area (Å²) >= 11 is 1.54. The zero-order valence-electron chi connectivity index (χ0n) is 20.2. The summed E-state index contributed by atoms with van der Waals surface area (Å²) in [4.78, 5) is 19.4. The van der Waals surface area contributed by atoms with Gasteiger partial charge in [0.1, 0.15) is 5.75 Å². The van der Waals surface area contributed by atoms with Crippen LogP contribution in [0.4, 0.5) is 5.69 Å². The largest absolute Gasteiger partial charge is 0.493 e. The number of aromatic nitrogens is 3. The number of nitrogens with zero attached hydrogens (tertiary/aromatic N) is 4. The van der Waals surface area contributed by atoms with E-state index in [1.807, 2.05) is 49.4 Å². The smallest absolute Gasteiger partial charge is 0.247 e. The Bertz CT molecular complexity index is 1180. The van der Waals surface area contributed by atoms with Crippen LogP contribution in [0.25, 0.3) is 11.3 Å². The monoisotopic (exact) mass is 478 g/mol. The molecule has 4 rings (SSSR count). The second-order valence-corrected chi connectivity index (χ2v) is 9.48. The molecule has 34 heavy (non-hydrogen) atoms. The zero-order valence-corrected chi connectivity index (χ0v) is 21.1. The molecule has 1 unspecified atom stereocenters. The number of carbonyl (C=O) groups excluding carboxylic acids is 1. The minimum absolute atomic E-state index is 0.156. The fourth-order valence-electron chi connectivity index (χ4n) is 3.85. The molecule has 3 aromatic rings. The summed E-state index contributed by atoms with van der Waals surface area (Å²) in [5.74, 6) is 2.22. The first-order chi connectivity index (χ1) is 16.4. The lowest BCUT2D eigenvalue weighted by Gasteiger charge is -2.31.